The van der Waals surface area contributed by atoms with Crippen LogP contribution in [0.1, 0.15) is 51.3 Å². The molecule has 3 aliphatic heterocycles. The average Bonchev–Trinajstić information content (AvgIpc) is 3.82. The number of rotatable bonds is 4. The van der Waals surface area contributed by atoms with E-state index in [9.17, 15) is 24.6 Å². The Morgan fingerprint density at radius 2 is 1.73 bits per heavy atom. The molecule has 1 saturated carbocycles. The molecule has 4 heterocycles. The van der Waals surface area contributed by atoms with Crippen molar-refractivity contribution in [1.82, 2.24) is 14.9 Å². The summed E-state index contributed by atoms with van der Waals surface area (Å²) < 4.78 is 7.53. The number of carbonyl (C=O) groups excluding carboxylic acids is 2. The van der Waals surface area contributed by atoms with Crippen molar-refractivity contribution in [2.24, 2.45) is 0 Å². The zero-order valence-electron chi connectivity index (χ0n) is 21.9. The predicted molar refractivity (Wildman–Crippen MR) is 151 cm³/mol. The van der Waals surface area contributed by atoms with Crippen LogP contribution in [-0.4, -0.2) is 63.1 Å². The van der Waals surface area contributed by atoms with Crippen LogP contribution in [0, 0.1) is 0 Å². The van der Waals surface area contributed by atoms with Crippen LogP contribution in [0.15, 0.2) is 82.8 Å². The molecule has 10 nitrogen and oxygen atoms in total. The molecule has 2 amide bonds. The van der Waals surface area contributed by atoms with Gasteiger partial charge in [0.1, 0.15) is 12.2 Å². The Morgan fingerprint density at radius 1 is 1.00 bits per heavy atom. The van der Waals surface area contributed by atoms with Crippen molar-refractivity contribution in [2.45, 2.75) is 47.3 Å². The number of hydrogen-bond acceptors (Lipinski definition) is 8. The molecule has 3 N–H and O–H groups in total. The van der Waals surface area contributed by atoms with E-state index in [0.717, 1.165) is 40.7 Å². The zero-order chi connectivity index (χ0) is 28.2. The molecule has 2 aromatic carbocycles. The van der Waals surface area contributed by atoms with Crippen molar-refractivity contribution < 1.29 is 24.5 Å². The van der Waals surface area contributed by atoms with Gasteiger partial charge < -0.3 is 20.3 Å². The SMILES string of the molecule is O=C(NC1CC1)C1COC[C@@H]2N1C(=O)c1c(O)c(=O)ccn1N2[C@@H]1c2ccccc2SC(C=CO)c2ccccc21. The molecule has 0 radical (unpaired) electrons. The van der Waals surface area contributed by atoms with Crippen molar-refractivity contribution in [3.05, 3.63) is 106 Å². The number of thioether (sulfide) groups is 1. The van der Waals surface area contributed by atoms with Gasteiger partial charge >= 0.3 is 0 Å². The standard InChI is InChI=1S/C30H28N4O6S/c35-14-12-24-18-5-1-2-6-19(18)26(20-7-3-4-8-23(20)41-24)34-25-16-40-15-21(29(38)31-17-9-10-17)33(25)30(39)27-28(37)22(36)11-13-32(27)34/h1-8,11-14,17,21,24-26,35,37H,9-10,15-16H2,(H,31,38)/t21?,24?,25-,26+/m1/s1. The lowest BCUT2D eigenvalue weighted by atomic mass is 9.91. The van der Waals surface area contributed by atoms with Crippen LogP contribution >= 0.6 is 11.8 Å². The fourth-order valence-corrected chi connectivity index (χ4v) is 7.28. The molecular formula is C30H28N4O6S. The maximum absolute atomic E-state index is 14.1. The summed E-state index contributed by atoms with van der Waals surface area (Å²) in [5.41, 5.74) is 1.93. The first-order valence-electron chi connectivity index (χ1n) is 13.6. The molecule has 0 spiro atoms. The summed E-state index contributed by atoms with van der Waals surface area (Å²) in [6, 6.07) is 15.7. The Morgan fingerprint density at radius 3 is 2.49 bits per heavy atom. The molecule has 2 fully saturated rings. The van der Waals surface area contributed by atoms with Gasteiger partial charge in [-0.2, -0.15) is 0 Å². The van der Waals surface area contributed by atoms with Gasteiger partial charge in [-0.1, -0.05) is 42.5 Å². The normalized spacial score (nSPS) is 25.1. The van der Waals surface area contributed by atoms with E-state index < -0.39 is 35.3 Å². The molecule has 0 bridgehead atoms. The summed E-state index contributed by atoms with van der Waals surface area (Å²) in [5.74, 6) is -1.59. The summed E-state index contributed by atoms with van der Waals surface area (Å²) in [5, 5.41) is 25.4. The number of aliphatic hydroxyl groups excluding tert-OH is 1. The van der Waals surface area contributed by atoms with Crippen molar-refractivity contribution >= 4 is 23.6 Å². The molecule has 41 heavy (non-hydrogen) atoms. The van der Waals surface area contributed by atoms with E-state index in [4.69, 9.17) is 4.74 Å². The van der Waals surface area contributed by atoms with Crippen LogP contribution in [-0.2, 0) is 9.53 Å². The molecular weight excluding hydrogens is 544 g/mol. The number of amides is 2. The highest BCUT2D eigenvalue weighted by molar-refractivity contribution is 7.99. The highest BCUT2D eigenvalue weighted by Gasteiger charge is 2.51. The van der Waals surface area contributed by atoms with Crippen LogP contribution in [0.5, 0.6) is 5.75 Å². The van der Waals surface area contributed by atoms with E-state index in [2.05, 4.69) is 5.32 Å². The summed E-state index contributed by atoms with van der Waals surface area (Å²) in [6.45, 7) is 0.114. The number of nitrogens with zero attached hydrogens (tertiary/aromatic N) is 3. The zero-order valence-corrected chi connectivity index (χ0v) is 22.7. The minimum absolute atomic E-state index is 0.00349. The van der Waals surface area contributed by atoms with Gasteiger partial charge in [-0.05, 0) is 41.7 Å². The van der Waals surface area contributed by atoms with Crippen molar-refractivity contribution in [3.63, 3.8) is 0 Å². The summed E-state index contributed by atoms with van der Waals surface area (Å²) >= 11 is 1.59. The van der Waals surface area contributed by atoms with Crippen molar-refractivity contribution in [2.75, 3.05) is 18.2 Å². The number of aromatic nitrogens is 1. The van der Waals surface area contributed by atoms with Gasteiger partial charge in [0.2, 0.25) is 11.3 Å². The highest BCUT2D eigenvalue weighted by atomic mass is 32.2. The number of aromatic hydroxyl groups is 1. The number of morpholine rings is 1. The second kappa shape index (κ2) is 10.0. The Hall–Kier alpha value is -4.22. The second-order valence-electron chi connectivity index (χ2n) is 10.6. The molecule has 3 aromatic rings. The third-order valence-electron chi connectivity index (χ3n) is 8.06. The minimum atomic E-state index is -0.941. The second-order valence-corrected chi connectivity index (χ2v) is 11.8. The van der Waals surface area contributed by atoms with Crippen LogP contribution in [0.3, 0.4) is 0 Å². The van der Waals surface area contributed by atoms with Gasteiger partial charge in [-0.25, -0.2) is 0 Å². The summed E-state index contributed by atoms with van der Waals surface area (Å²) in [6.07, 6.45) is 5.31. The quantitative estimate of drug-likeness (QED) is 0.408. The molecule has 7 rings (SSSR count). The number of fused-ring (bicyclic) bond motifs is 4. The number of ether oxygens (including phenoxy) is 1. The molecule has 2 unspecified atom stereocenters. The molecule has 210 valence electrons. The summed E-state index contributed by atoms with van der Waals surface area (Å²) in [7, 11) is 0. The van der Waals surface area contributed by atoms with Crippen LogP contribution < -0.4 is 15.8 Å². The van der Waals surface area contributed by atoms with E-state index >= 15 is 0 Å². The monoisotopic (exact) mass is 572 g/mol. The third kappa shape index (κ3) is 4.18. The summed E-state index contributed by atoms with van der Waals surface area (Å²) in [4.78, 5) is 42.5. The maximum Gasteiger partial charge on any atom is 0.278 e. The Kier molecular flexibility index (Phi) is 6.28. The maximum atomic E-state index is 14.1. The number of nitrogens with one attached hydrogen (secondary N) is 1. The predicted octanol–water partition coefficient (Wildman–Crippen LogP) is 2.96. The fraction of sp³-hybridized carbons (Fsp3) is 0.300. The van der Waals surface area contributed by atoms with E-state index in [1.165, 1.54) is 21.8 Å². The number of carbonyl (C=O) groups is 2. The van der Waals surface area contributed by atoms with Gasteiger partial charge in [0, 0.05) is 23.2 Å². The lowest BCUT2D eigenvalue weighted by Crippen LogP contribution is -2.71. The van der Waals surface area contributed by atoms with Gasteiger partial charge in [-0.15, -0.1) is 11.8 Å². The number of hydrogen-bond donors (Lipinski definition) is 3. The number of pyridine rings is 1. The molecule has 1 saturated heterocycles. The lowest BCUT2D eigenvalue weighted by molar-refractivity contribution is -0.135. The molecule has 4 atom stereocenters. The first kappa shape index (κ1) is 25.7. The largest absolute Gasteiger partial charge is 0.516 e. The molecule has 1 aromatic heterocycles. The molecule has 4 aliphatic rings. The van der Waals surface area contributed by atoms with E-state index in [0.29, 0.717) is 0 Å². The Balaban J connectivity index is 1.47. The first-order valence-corrected chi connectivity index (χ1v) is 14.4. The Bertz CT molecular complexity index is 1640. The van der Waals surface area contributed by atoms with Crippen LogP contribution in [0.25, 0.3) is 0 Å². The first-order chi connectivity index (χ1) is 20.0. The van der Waals surface area contributed by atoms with Crippen molar-refractivity contribution in [3.8, 4) is 5.75 Å². The third-order valence-corrected chi connectivity index (χ3v) is 9.35. The minimum Gasteiger partial charge on any atom is -0.516 e. The topological polar surface area (TPSA) is 124 Å². The van der Waals surface area contributed by atoms with E-state index in [1.807, 2.05) is 53.5 Å². The van der Waals surface area contributed by atoms with Gasteiger partial charge in [-0.3, -0.25) is 29.0 Å². The number of benzene rings is 2. The van der Waals surface area contributed by atoms with Crippen LogP contribution in [0.2, 0.25) is 0 Å². The molecule has 11 heteroatoms. The van der Waals surface area contributed by atoms with Gasteiger partial charge in [0.05, 0.1) is 30.8 Å². The number of aliphatic hydroxyl groups is 1. The van der Waals surface area contributed by atoms with Crippen LogP contribution in [0.4, 0.5) is 0 Å². The van der Waals surface area contributed by atoms with E-state index in [-0.39, 0.29) is 36.1 Å². The smallest absolute Gasteiger partial charge is 0.278 e. The average molecular weight is 573 g/mol. The highest BCUT2D eigenvalue weighted by Crippen LogP contribution is 2.50. The fourth-order valence-electron chi connectivity index (χ4n) is 6.04. The van der Waals surface area contributed by atoms with Gasteiger partial charge in [0.15, 0.2) is 11.4 Å². The molecule has 1 aliphatic carbocycles. The van der Waals surface area contributed by atoms with Gasteiger partial charge in [0.25, 0.3) is 5.91 Å². The Labute approximate surface area is 239 Å². The lowest BCUT2D eigenvalue weighted by Gasteiger charge is -2.53. The van der Waals surface area contributed by atoms with Crippen molar-refractivity contribution in [1.29, 1.82) is 0 Å². The van der Waals surface area contributed by atoms with E-state index in [1.54, 1.807) is 17.8 Å².